The molecule has 1 fully saturated rings. The van der Waals surface area contributed by atoms with Crippen LogP contribution in [0.5, 0.6) is 0 Å². The maximum Gasteiger partial charge on any atom is 0.0488 e. The zero-order valence-electron chi connectivity index (χ0n) is 19.8. The molecule has 6 rings (SSSR count). The lowest BCUT2D eigenvalue weighted by Crippen LogP contribution is -2.47. The molecule has 4 heteroatoms. The van der Waals surface area contributed by atoms with Gasteiger partial charge >= 0.3 is 0 Å². The van der Waals surface area contributed by atoms with Crippen LogP contribution in [0.15, 0.2) is 84.9 Å². The number of hydrogen-bond acceptors (Lipinski definition) is 2. The van der Waals surface area contributed by atoms with Crippen molar-refractivity contribution in [2.45, 2.75) is 31.7 Å². The molecule has 1 atom stereocenters. The second-order valence-electron chi connectivity index (χ2n) is 9.66. The largest absolute Gasteiger partial charge is 0.369 e. The van der Waals surface area contributed by atoms with Crippen molar-refractivity contribution >= 4 is 29.0 Å². The fraction of sp³-hybridized carbons (Fsp3) is 0.333. The van der Waals surface area contributed by atoms with Gasteiger partial charge in [0.2, 0.25) is 0 Å². The van der Waals surface area contributed by atoms with Crippen LogP contribution < -0.4 is 4.90 Å². The predicted octanol–water partition coefficient (Wildman–Crippen LogP) is 6.35. The molecule has 0 radical (unpaired) electrons. The summed E-state index contributed by atoms with van der Waals surface area (Å²) < 4.78 is 2.61. The van der Waals surface area contributed by atoms with E-state index in [0.29, 0.717) is 5.92 Å². The predicted molar refractivity (Wildman–Crippen MR) is 146 cm³/mol. The molecule has 0 bridgehead atoms. The van der Waals surface area contributed by atoms with Crippen molar-refractivity contribution in [1.29, 1.82) is 0 Å². The number of fused-ring (bicyclic) bond motifs is 3. The Labute approximate surface area is 209 Å². The van der Waals surface area contributed by atoms with E-state index >= 15 is 0 Å². The van der Waals surface area contributed by atoms with E-state index in [-0.39, 0.29) is 12.4 Å². The monoisotopic (exact) mass is 471 g/mol. The van der Waals surface area contributed by atoms with Gasteiger partial charge in [-0.05, 0) is 54.5 Å². The van der Waals surface area contributed by atoms with E-state index in [1.807, 2.05) is 0 Å². The van der Waals surface area contributed by atoms with Gasteiger partial charge in [-0.25, -0.2) is 0 Å². The van der Waals surface area contributed by atoms with Crippen molar-refractivity contribution in [3.63, 3.8) is 0 Å². The van der Waals surface area contributed by atoms with Gasteiger partial charge in [-0.3, -0.25) is 4.90 Å². The maximum atomic E-state index is 2.71. The molecule has 4 aromatic rings. The van der Waals surface area contributed by atoms with Crippen LogP contribution in [0.2, 0.25) is 0 Å². The number of aromatic nitrogens is 1. The van der Waals surface area contributed by atoms with Crippen molar-refractivity contribution in [2.75, 3.05) is 37.6 Å². The number of anilines is 1. The Balaban J connectivity index is 0.00000241. The van der Waals surface area contributed by atoms with Crippen LogP contribution in [0.4, 0.5) is 5.69 Å². The Morgan fingerprint density at radius 2 is 1.41 bits per heavy atom. The standard InChI is InChI=1S/C30H33N3.ClH/c1-3-10-24(11-4-1)22-33-28-16-8-7-15-27(28)30-25(12-9-17-29(30)33)23-31-18-20-32(21-19-31)26-13-5-2-6-14-26;/h1-8,10-11,13-16,25H,9,12,17-23H2;1H. The summed E-state index contributed by atoms with van der Waals surface area (Å²) in [5.74, 6) is 0.638. The number of benzene rings is 3. The molecule has 1 saturated heterocycles. The normalized spacial score (nSPS) is 18.5. The number of nitrogens with zero attached hydrogens (tertiary/aromatic N) is 3. The minimum Gasteiger partial charge on any atom is -0.369 e. The SMILES string of the molecule is Cl.c1ccc(Cn2c3c(c4ccccc42)C(CN2CCN(c4ccccc4)CC2)CCC3)cc1. The average Bonchev–Trinajstić information content (AvgIpc) is 3.20. The maximum absolute atomic E-state index is 2.71. The summed E-state index contributed by atoms with van der Waals surface area (Å²) in [5, 5.41) is 1.48. The van der Waals surface area contributed by atoms with Crippen molar-refractivity contribution in [1.82, 2.24) is 9.47 Å². The Hall–Kier alpha value is -2.75. The molecule has 0 amide bonds. The van der Waals surface area contributed by atoms with Crippen LogP contribution in [0.3, 0.4) is 0 Å². The molecule has 3 nitrogen and oxygen atoms in total. The first-order chi connectivity index (χ1) is 16.4. The highest BCUT2D eigenvalue weighted by Crippen LogP contribution is 2.40. The van der Waals surface area contributed by atoms with E-state index in [1.54, 1.807) is 11.3 Å². The molecule has 0 saturated carbocycles. The van der Waals surface area contributed by atoms with Gasteiger partial charge < -0.3 is 9.47 Å². The summed E-state index contributed by atoms with van der Waals surface area (Å²) in [7, 11) is 0. The van der Waals surface area contributed by atoms with Crippen LogP contribution in [0.25, 0.3) is 10.9 Å². The van der Waals surface area contributed by atoms with Gasteiger partial charge in [0.05, 0.1) is 0 Å². The second kappa shape index (κ2) is 10.2. The van der Waals surface area contributed by atoms with Gasteiger partial charge in [0.15, 0.2) is 0 Å². The lowest BCUT2D eigenvalue weighted by Gasteiger charge is -2.38. The topological polar surface area (TPSA) is 11.4 Å². The summed E-state index contributed by atoms with van der Waals surface area (Å²) in [4.78, 5) is 5.25. The van der Waals surface area contributed by atoms with Crippen LogP contribution in [-0.2, 0) is 13.0 Å². The lowest BCUT2D eigenvalue weighted by atomic mass is 9.84. The second-order valence-corrected chi connectivity index (χ2v) is 9.66. The molecule has 3 aromatic carbocycles. The zero-order chi connectivity index (χ0) is 22.0. The van der Waals surface area contributed by atoms with Gasteiger partial charge in [-0.15, -0.1) is 12.4 Å². The number of rotatable bonds is 5. The van der Waals surface area contributed by atoms with Gasteiger partial charge in [-0.1, -0.05) is 66.7 Å². The Morgan fingerprint density at radius 3 is 2.18 bits per heavy atom. The lowest BCUT2D eigenvalue weighted by molar-refractivity contribution is 0.234. The summed E-state index contributed by atoms with van der Waals surface area (Å²) in [6.45, 7) is 6.72. The van der Waals surface area contributed by atoms with Crippen LogP contribution in [0, 0.1) is 0 Å². The fourth-order valence-corrected chi connectivity index (χ4v) is 6.04. The van der Waals surface area contributed by atoms with E-state index in [9.17, 15) is 0 Å². The first-order valence-corrected chi connectivity index (χ1v) is 12.5. The van der Waals surface area contributed by atoms with E-state index in [2.05, 4.69) is 99.3 Å². The van der Waals surface area contributed by atoms with Crippen LogP contribution in [-0.4, -0.2) is 42.2 Å². The molecule has 0 spiro atoms. The van der Waals surface area contributed by atoms with E-state index < -0.39 is 0 Å². The quantitative estimate of drug-likeness (QED) is 0.336. The molecule has 2 aliphatic rings. The van der Waals surface area contributed by atoms with Crippen molar-refractivity contribution in [2.24, 2.45) is 0 Å². The van der Waals surface area contributed by atoms with Crippen molar-refractivity contribution in [3.8, 4) is 0 Å². The van der Waals surface area contributed by atoms with Crippen LogP contribution >= 0.6 is 12.4 Å². The minimum absolute atomic E-state index is 0. The van der Waals surface area contributed by atoms with E-state index in [1.165, 1.54) is 48.0 Å². The first-order valence-electron chi connectivity index (χ1n) is 12.5. The zero-order valence-corrected chi connectivity index (χ0v) is 20.6. The highest BCUT2D eigenvalue weighted by atomic mass is 35.5. The van der Waals surface area contributed by atoms with E-state index in [4.69, 9.17) is 0 Å². The Morgan fingerprint density at radius 1 is 0.735 bits per heavy atom. The average molecular weight is 472 g/mol. The molecule has 1 aliphatic carbocycles. The third-order valence-corrected chi connectivity index (χ3v) is 7.65. The highest BCUT2D eigenvalue weighted by molar-refractivity contribution is 5.86. The molecule has 1 aromatic heterocycles. The van der Waals surface area contributed by atoms with Gasteiger partial charge in [0, 0.05) is 61.6 Å². The van der Waals surface area contributed by atoms with Crippen LogP contribution in [0.1, 0.15) is 35.6 Å². The molecule has 176 valence electrons. The number of para-hydroxylation sites is 2. The van der Waals surface area contributed by atoms with Crippen molar-refractivity contribution in [3.05, 3.63) is 102 Å². The van der Waals surface area contributed by atoms with Crippen molar-refractivity contribution < 1.29 is 0 Å². The van der Waals surface area contributed by atoms with Gasteiger partial charge in [0.1, 0.15) is 0 Å². The summed E-state index contributed by atoms with van der Waals surface area (Å²) >= 11 is 0. The number of hydrogen-bond donors (Lipinski definition) is 0. The van der Waals surface area contributed by atoms with Gasteiger partial charge in [0.25, 0.3) is 0 Å². The molecule has 1 unspecified atom stereocenters. The molecule has 2 heterocycles. The third-order valence-electron chi connectivity index (χ3n) is 7.65. The Kier molecular flexibility index (Phi) is 6.94. The Bertz CT molecular complexity index is 1210. The molecule has 1 aliphatic heterocycles. The third kappa shape index (κ3) is 4.47. The first kappa shape index (κ1) is 23.0. The number of piperazine rings is 1. The van der Waals surface area contributed by atoms with Gasteiger partial charge in [-0.2, -0.15) is 0 Å². The molecular formula is C30H34ClN3. The minimum atomic E-state index is 0. The molecule has 34 heavy (non-hydrogen) atoms. The fourth-order valence-electron chi connectivity index (χ4n) is 6.04. The molecule has 0 N–H and O–H groups in total. The van der Waals surface area contributed by atoms with E-state index in [0.717, 1.165) is 32.7 Å². The summed E-state index contributed by atoms with van der Waals surface area (Å²) in [6, 6.07) is 30.9. The highest BCUT2D eigenvalue weighted by Gasteiger charge is 2.29. The number of halogens is 1. The smallest absolute Gasteiger partial charge is 0.0488 e. The summed E-state index contributed by atoms with van der Waals surface area (Å²) in [6.07, 6.45) is 3.81. The summed E-state index contributed by atoms with van der Waals surface area (Å²) in [5.41, 5.74) is 7.38. The molecular weight excluding hydrogens is 438 g/mol.